The maximum Gasteiger partial charge on any atom is 0.309 e. The van der Waals surface area contributed by atoms with Gasteiger partial charge in [-0.2, -0.15) is 0 Å². The summed E-state index contributed by atoms with van der Waals surface area (Å²) in [4.78, 5) is 23.6. The largest absolute Gasteiger partial charge is 0.481 e. The van der Waals surface area contributed by atoms with Gasteiger partial charge in [-0.15, -0.1) is 0 Å². The van der Waals surface area contributed by atoms with Crippen molar-refractivity contribution in [3.05, 3.63) is 32.0 Å². The number of halogens is 3. The molecule has 9 heteroatoms. The summed E-state index contributed by atoms with van der Waals surface area (Å²) in [5, 5.41) is 19.2. The lowest BCUT2D eigenvalue weighted by Crippen LogP contribution is -2.07. The smallest absolute Gasteiger partial charge is 0.309 e. The van der Waals surface area contributed by atoms with Gasteiger partial charge in [0.15, 0.2) is 0 Å². The van der Waals surface area contributed by atoms with E-state index in [1.807, 2.05) is 0 Å². The van der Waals surface area contributed by atoms with Crippen molar-refractivity contribution in [3.8, 4) is 0 Å². The predicted octanol–water partition coefficient (Wildman–Crippen LogP) is 2.32. The molecule has 0 atom stereocenters. The number of carbonyl (C=O) groups is 1. The summed E-state index contributed by atoms with van der Waals surface area (Å²) in [7, 11) is 0. The molecule has 1 aromatic heterocycles. The van der Waals surface area contributed by atoms with Crippen LogP contribution in [-0.4, -0.2) is 21.0 Å². The van der Waals surface area contributed by atoms with Crippen LogP contribution in [0.2, 0.25) is 0 Å². The van der Waals surface area contributed by atoms with Crippen LogP contribution in [-0.2, 0) is 11.2 Å². The summed E-state index contributed by atoms with van der Waals surface area (Å²) in [6.07, 6.45) is -3.03. The number of rotatable bonds is 4. The van der Waals surface area contributed by atoms with Crippen molar-refractivity contribution in [2.24, 2.45) is 0 Å². The fraction of sp³-hybridized carbons (Fsp3) is 0.250. The molecule has 0 radical (unpaired) electrons. The first-order valence-corrected chi connectivity index (χ1v) is 4.95. The molecule has 0 spiro atoms. The topological polar surface area (TPSA) is 93.3 Å². The molecule has 0 saturated carbocycles. The Kier molecular flexibility index (Phi) is 4.05. The van der Waals surface area contributed by atoms with Crippen molar-refractivity contribution in [3.63, 3.8) is 0 Å². The molecule has 1 aromatic rings. The third kappa shape index (κ3) is 2.93. The maximum atomic E-state index is 12.5. The summed E-state index contributed by atoms with van der Waals surface area (Å²) in [5.41, 5.74) is -1.88. The van der Waals surface area contributed by atoms with Gasteiger partial charge in [0.2, 0.25) is 0 Å². The van der Waals surface area contributed by atoms with Crippen molar-refractivity contribution < 1.29 is 23.6 Å². The molecule has 92 valence electrons. The molecule has 1 N–H and O–H groups in total. The molecule has 0 aliphatic rings. The number of carboxylic acids is 1. The van der Waals surface area contributed by atoms with Crippen LogP contribution in [0.5, 0.6) is 0 Å². The zero-order chi connectivity index (χ0) is 13.2. The van der Waals surface area contributed by atoms with Crippen LogP contribution in [0.4, 0.5) is 14.5 Å². The minimum Gasteiger partial charge on any atom is -0.481 e. The second kappa shape index (κ2) is 5.13. The molecular formula is C8H5BrF2N2O4. The second-order valence-corrected chi connectivity index (χ2v) is 3.74. The number of hydrogen-bond donors (Lipinski definition) is 1. The van der Waals surface area contributed by atoms with Crippen molar-refractivity contribution in [1.29, 1.82) is 0 Å². The van der Waals surface area contributed by atoms with Crippen LogP contribution in [0.1, 0.15) is 17.7 Å². The van der Waals surface area contributed by atoms with Gasteiger partial charge in [0.1, 0.15) is 10.0 Å². The van der Waals surface area contributed by atoms with E-state index in [0.29, 0.717) is 6.20 Å². The quantitative estimate of drug-likeness (QED) is 0.680. The van der Waals surface area contributed by atoms with E-state index in [2.05, 4.69) is 20.9 Å². The summed E-state index contributed by atoms with van der Waals surface area (Å²) in [5.74, 6) is -1.27. The highest BCUT2D eigenvalue weighted by molar-refractivity contribution is 9.10. The average molecular weight is 311 g/mol. The lowest BCUT2D eigenvalue weighted by atomic mass is 10.2. The Hall–Kier alpha value is -1.64. The van der Waals surface area contributed by atoms with Crippen molar-refractivity contribution in [2.45, 2.75) is 12.8 Å². The van der Waals surface area contributed by atoms with Crippen LogP contribution in [0.15, 0.2) is 10.7 Å². The minimum absolute atomic E-state index is 0.173. The average Bonchev–Trinajstić information content (AvgIpc) is 2.19. The van der Waals surface area contributed by atoms with Gasteiger partial charge in [-0.25, -0.2) is 8.78 Å². The van der Waals surface area contributed by atoms with Crippen LogP contribution in [0, 0.1) is 10.1 Å². The molecule has 0 aliphatic carbocycles. The van der Waals surface area contributed by atoms with Gasteiger partial charge in [-0.05, 0) is 15.9 Å². The highest BCUT2D eigenvalue weighted by atomic mass is 79.9. The summed E-state index contributed by atoms with van der Waals surface area (Å²) >= 11 is 2.73. The number of aromatic nitrogens is 1. The number of hydrogen-bond acceptors (Lipinski definition) is 4. The van der Waals surface area contributed by atoms with Crippen molar-refractivity contribution >= 4 is 27.6 Å². The standard InChI is InChI=1S/C8H5BrF2N2O4/c9-6-4(1-5(14)15)12-2-3(8(10)11)7(6)13(16)17/h2,8H,1H2,(H,14,15). The normalized spacial score (nSPS) is 10.6. The highest BCUT2D eigenvalue weighted by Gasteiger charge is 2.28. The predicted molar refractivity (Wildman–Crippen MR) is 54.9 cm³/mol. The van der Waals surface area contributed by atoms with Crippen LogP contribution >= 0.6 is 15.9 Å². The van der Waals surface area contributed by atoms with E-state index >= 15 is 0 Å². The summed E-state index contributed by atoms with van der Waals surface area (Å²) in [6, 6.07) is 0. The fourth-order valence-corrected chi connectivity index (χ4v) is 1.76. The number of aliphatic carboxylic acids is 1. The van der Waals surface area contributed by atoms with E-state index in [9.17, 15) is 23.7 Å². The fourth-order valence-electron chi connectivity index (χ4n) is 1.14. The molecule has 0 fully saturated rings. The van der Waals surface area contributed by atoms with Gasteiger partial charge < -0.3 is 5.11 Å². The molecule has 0 bridgehead atoms. The number of alkyl halides is 2. The molecule has 0 amide bonds. The SMILES string of the molecule is O=C(O)Cc1ncc(C(F)F)c([N+](=O)[O-])c1Br. The lowest BCUT2D eigenvalue weighted by Gasteiger charge is -2.06. The lowest BCUT2D eigenvalue weighted by molar-refractivity contribution is -0.387. The molecular weight excluding hydrogens is 306 g/mol. The third-order valence-electron chi connectivity index (χ3n) is 1.83. The third-order valence-corrected chi connectivity index (χ3v) is 2.66. The Balaban J connectivity index is 3.38. The summed E-state index contributed by atoms with van der Waals surface area (Å²) < 4.78 is 24.6. The van der Waals surface area contributed by atoms with E-state index in [0.717, 1.165) is 0 Å². The first kappa shape index (κ1) is 13.4. The second-order valence-electron chi connectivity index (χ2n) is 2.95. The van der Waals surface area contributed by atoms with Crippen LogP contribution < -0.4 is 0 Å². The Morgan fingerprint density at radius 1 is 1.65 bits per heavy atom. The molecule has 1 rings (SSSR count). The zero-order valence-corrected chi connectivity index (χ0v) is 9.65. The number of pyridine rings is 1. The van der Waals surface area contributed by atoms with Crippen molar-refractivity contribution in [1.82, 2.24) is 4.98 Å². The Morgan fingerprint density at radius 3 is 2.65 bits per heavy atom. The number of nitro groups is 1. The first-order valence-electron chi connectivity index (χ1n) is 4.16. The van der Waals surface area contributed by atoms with Gasteiger partial charge in [0.05, 0.1) is 17.0 Å². The van der Waals surface area contributed by atoms with Gasteiger partial charge in [0.25, 0.3) is 12.1 Å². The molecule has 17 heavy (non-hydrogen) atoms. The van der Waals surface area contributed by atoms with E-state index in [1.165, 1.54) is 0 Å². The summed E-state index contributed by atoms with van der Waals surface area (Å²) in [6.45, 7) is 0. The molecule has 0 unspecified atom stereocenters. The van der Waals surface area contributed by atoms with Gasteiger partial charge in [-0.1, -0.05) is 0 Å². The van der Waals surface area contributed by atoms with E-state index in [4.69, 9.17) is 5.11 Å². The van der Waals surface area contributed by atoms with E-state index < -0.39 is 35.0 Å². The zero-order valence-electron chi connectivity index (χ0n) is 8.06. The Morgan fingerprint density at radius 2 is 2.24 bits per heavy atom. The molecule has 0 aromatic carbocycles. The van der Waals surface area contributed by atoms with Crippen LogP contribution in [0.3, 0.4) is 0 Å². The molecule has 0 aliphatic heterocycles. The first-order chi connectivity index (χ1) is 7.84. The maximum absolute atomic E-state index is 12.5. The highest BCUT2D eigenvalue weighted by Crippen LogP contribution is 2.36. The molecule has 1 heterocycles. The Labute approximate surface area is 102 Å². The Bertz CT molecular complexity index is 481. The number of nitrogens with zero attached hydrogens (tertiary/aromatic N) is 2. The van der Waals surface area contributed by atoms with Crippen molar-refractivity contribution in [2.75, 3.05) is 0 Å². The monoisotopic (exact) mass is 310 g/mol. The van der Waals surface area contributed by atoms with Crippen LogP contribution in [0.25, 0.3) is 0 Å². The van der Waals surface area contributed by atoms with Gasteiger partial charge in [-0.3, -0.25) is 19.9 Å². The number of carboxylic acid groups (broad SMARTS) is 1. The minimum atomic E-state index is -3.06. The van der Waals surface area contributed by atoms with E-state index in [-0.39, 0.29) is 10.2 Å². The molecule has 6 nitrogen and oxygen atoms in total. The van der Waals surface area contributed by atoms with Gasteiger partial charge in [0, 0.05) is 6.20 Å². The van der Waals surface area contributed by atoms with E-state index in [1.54, 1.807) is 0 Å². The van der Waals surface area contributed by atoms with Gasteiger partial charge >= 0.3 is 5.97 Å². The molecule has 0 saturated heterocycles.